The van der Waals surface area contributed by atoms with E-state index in [0.717, 1.165) is 5.56 Å². The second-order valence-electron chi connectivity index (χ2n) is 4.28. The van der Waals surface area contributed by atoms with Gasteiger partial charge in [-0.2, -0.15) is 0 Å². The van der Waals surface area contributed by atoms with Crippen molar-refractivity contribution in [1.29, 1.82) is 0 Å². The number of amides is 2. The summed E-state index contributed by atoms with van der Waals surface area (Å²) >= 11 is 0. The molecular weight excluding hydrogens is 276 g/mol. The summed E-state index contributed by atoms with van der Waals surface area (Å²) in [5.74, 6) is 0.850. The van der Waals surface area contributed by atoms with Crippen molar-refractivity contribution in [1.82, 2.24) is 10.6 Å². The van der Waals surface area contributed by atoms with Gasteiger partial charge in [0, 0.05) is 12.1 Å². The summed E-state index contributed by atoms with van der Waals surface area (Å²) < 4.78 is 15.7. The lowest BCUT2D eigenvalue weighted by molar-refractivity contribution is -0.141. The van der Waals surface area contributed by atoms with Crippen molar-refractivity contribution in [3.63, 3.8) is 0 Å². The predicted molar refractivity (Wildman–Crippen MR) is 74.3 cm³/mol. The Kier molecular flexibility index (Phi) is 5.25. The molecule has 0 radical (unpaired) electrons. The Morgan fingerprint density at radius 2 is 2.05 bits per heavy atom. The Bertz CT molecular complexity index is 518. The van der Waals surface area contributed by atoms with Crippen molar-refractivity contribution >= 4 is 12.0 Å². The van der Waals surface area contributed by atoms with Gasteiger partial charge in [0.1, 0.15) is 19.8 Å². The van der Waals surface area contributed by atoms with Crippen molar-refractivity contribution in [2.24, 2.45) is 0 Å². The van der Waals surface area contributed by atoms with E-state index in [0.29, 0.717) is 24.7 Å². The number of para-hydroxylation sites is 1. The summed E-state index contributed by atoms with van der Waals surface area (Å²) in [6, 6.07) is 5.05. The molecule has 0 atom stereocenters. The van der Waals surface area contributed by atoms with Crippen LogP contribution >= 0.6 is 0 Å². The zero-order valence-corrected chi connectivity index (χ0v) is 11.8. The number of carbonyl (C=O) groups excluding carboxylic acids is 2. The summed E-state index contributed by atoms with van der Waals surface area (Å²) in [7, 11) is 0. The third-order valence-corrected chi connectivity index (χ3v) is 2.79. The molecule has 2 N–H and O–H groups in total. The number of urea groups is 1. The van der Waals surface area contributed by atoms with E-state index in [1.165, 1.54) is 0 Å². The van der Waals surface area contributed by atoms with E-state index >= 15 is 0 Å². The lowest BCUT2D eigenvalue weighted by atomic mass is 10.1. The summed E-state index contributed by atoms with van der Waals surface area (Å²) in [5.41, 5.74) is 0.818. The standard InChI is InChI=1S/C14H18N2O5/c1-2-19-12(17)9-16-14(18)15-8-10-4-3-5-11-13(10)21-7-6-20-11/h3-5H,2,6-9H2,1H3,(H2,15,16,18). The summed E-state index contributed by atoms with van der Waals surface area (Å²) in [5, 5.41) is 5.07. The van der Waals surface area contributed by atoms with Crippen molar-refractivity contribution in [2.75, 3.05) is 26.4 Å². The van der Waals surface area contributed by atoms with Gasteiger partial charge in [0.2, 0.25) is 0 Å². The lowest BCUT2D eigenvalue weighted by Gasteiger charge is -2.21. The molecule has 0 fully saturated rings. The number of esters is 1. The van der Waals surface area contributed by atoms with Crippen LogP contribution in [-0.2, 0) is 16.1 Å². The molecule has 2 rings (SSSR count). The summed E-state index contributed by atoms with van der Waals surface area (Å²) in [6.45, 7) is 3.12. The summed E-state index contributed by atoms with van der Waals surface area (Å²) in [6.07, 6.45) is 0. The van der Waals surface area contributed by atoms with Gasteiger partial charge in [-0.15, -0.1) is 0 Å². The molecule has 1 aliphatic heterocycles. The van der Waals surface area contributed by atoms with Crippen molar-refractivity contribution in [2.45, 2.75) is 13.5 Å². The molecule has 1 aromatic carbocycles. The van der Waals surface area contributed by atoms with Gasteiger partial charge in [-0.1, -0.05) is 12.1 Å². The van der Waals surface area contributed by atoms with Crippen LogP contribution in [0.1, 0.15) is 12.5 Å². The molecule has 2 amide bonds. The van der Waals surface area contributed by atoms with Gasteiger partial charge in [0.15, 0.2) is 11.5 Å². The van der Waals surface area contributed by atoms with Crippen LogP contribution in [0.2, 0.25) is 0 Å². The van der Waals surface area contributed by atoms with Gasteiger partial charge in [-0.3, -0.25) is 4.79 Å². The first-order valence-electron chi connectivity index (χ1n) is 6.75. The zero-order chi connectivity index (χ0) is 15.1. The average molecular weight is 294 g/mol. The van der Waals surface area contributed by atoms with Crippen LogP contribution in [0.5, 0.6) is 11.5 Å². The highest BCUT2D eigenvalue weighted by Crippen LogP contribution is 2.33. The molecule has 0 saturated heterocycles. The van der Waals surface area contributed by atoms with E-state index in [-0.39, 0.29) is 19.7 Å². The Labute approximate surface area is 122 Å². The van der Waals surface area contributed by atoms with Gasteiger partial charge < -0.3 is 24.8 Å². The smallest absolute Gasteiger partial charge is 0.325 e. The largest absolute Gasteiger partial charge is 0.486 e. The van der Waals surface area contributed by atoms with Gasteiger partial charge in [-0.05, 0) is 13.0 Å². The molecule has 114 valence electrons. The highest BCUT2D eigenvalue weighted by Gasteiger charge is 2.15. The van der Waals surface area contributed by atoms with Crippen molar-refractivity contribution in [3.05, 3.63) is 23.8 Å². The molecule has 1 aromatic rings. The van der Waals surface area contributed by atoms with Crippen LogP contribution in [0.25, 0.3) is 0 Å². The lowest BCUT2D eigenvalue weighted by Crippen LogP contribution is -2.38. The van der Waals surface area contributed by atoms with E-state index < -0.39 is 12.0 Å². The van der Waals surface area contributed by atoms with E-state index in [4.69, 9.17) is 14.2 Å². The van der Waals surface area contributed by atoms with Gasteiger partial charge in [0.05, 0.1) is 6.61 Å². The minimum atomic E-state index is -0.471. The van der Waals surface area contributed by atoms with Crippen LogP contribution in [0.15, 0.2) is 18.2 Å². The quantitative estimate of drug-likeness (QED) is 0.785. The van der Waals surface area contributed by atoms with Gasteiger partial charge in [-0.25, -0.2) is 4.79 Å². The number of carbonyl (C=O) groups is 2. The molecule has 0 aliphatic carbocycles. The van der Waals surface area contributed by atoms with E-state index in [9.17, 15) is 9.59 Å². The number of hydrogen-bond donors (Lipinski definition) is 2. The van der Waals surface area contributed by atoms with Crippen LogP contribution in [0.4, 0.5) is 4.79 Å². The average Bonchev–Trinajstić information content (AvgIpc) is 2.51. The van der Waals surface area contributed by atoms with Crippen LogP contribution in [-0.4, -0.2) is 38.4 Å². The second kappa shape index (κ2) is 7.37. The fourth-order valence-corrected chi connectivity index (χ4v) is 1.88. The zero-order valence-electron chi connectivity index (χ0n) is 11.8. The molecule has 0 unspecified atom stereocenters. The number of ether oxygens (including phenoxy) is 3. The van der Waals surface area contributed by atoms with E-state index in [2.05, 4.69) is 10.6 Å². The molecule has 0 spiro atoms. The molecule has 0 saturated carbocycles. The Morgan fingerprint density at radius 1 is 1.24 bits per heavy atom. The monoisotopic (exact) mass is 294 g/mol. The number of benzene rings is 1. The maximum atomic E-state index is 11.6. The third kappa shape index (κ3) is 4.27. The fourth-order valence-electron chi connectivity index (χ4n) is 1.88. The summed E-state index contributed by atoms with van der Waals surface area (Å²) in [4.78, 5) is 22.7. The number of nitrogens with one attached hydrogen (secondary N) is 2. The Hall–Kier alpha value is -2.44. The van der Waals surface area contributed by atoms with Crippen molar-refractivity contribution in [3.8, 4) is 11.5 Å². The van der Waals surface area contributed by atoms with E-state index in [1.54, 1.807) is 6.92 Å². The minimum Gasteiger partial charge on any atom is -0.486 e. The van der Waals surface area contributed by atoms with Crippen LogP contribution < -0.4 is 20.1 Å². The number of rotatable bonds is 5. The highest BCUT2D eigenvalue weighted by atomic mass is 16.6. The molecule has 0 bridgehead atoms. The Morgan fingerprint density at radius 3 is 2.86 bits per heavy atom. The molecule has 1 aliphatic rings. The molecule has 1 heterocycles. The third-order valence-electron chi connectivity index (χ3n) is 2.79. The normalized spacial score (nSPS) is 12.4. The first-order valence-corrected chi connectivity index (χ1v) is 6.75. The molecule has 7 nitrogen and oxygen atoms in total. The van der Waals surface area contributed by atoms with E-state index in [1.807, 2.05) is 18.2 Å². The number of hydrogen-bond acceptors (Lipinski definition) is 5. The maximum Gasteiger partial charge on any atom is 0.325 e. The van der Waals surface area contributed by atoms with Crippen LogP contribution in [0, 0.1) is 0 Å². The topological polar surface area (TPSA) is 85.9 Å². The Balaban J connectivity index is 1.83. The van der Waals surface area contributed by atoms with Gasteiger partial charge in [0.25, 0.3) is 0 Å². The maximum absolute atomic E-state index is 11.6. The molecular formula is C14H18N2O5. The first-order chi connectivity index (χ1) is 10.2. The molecule has 21 heavy (non-hydrogen) atoms. The highest BCUT2D eigenvalue weighted by molar-refractivity contribution is 5.80. The predicted octanol–water partition coefficient (Wildman–Crippen LogP) is 0.820. The van der Waals surface area contributed by atoms with Crippen molar-refractivity contribution < 1.29 is 23.8 Å². The first kappa shape index (κ1) is 15.0. The van der Waals surface area contributed by atoms with Gasteiger partial charge >= 0.3 is 12.0 Å². The number of fused-ring (bicyclic) bond motifs is 1. The molecule has 7 heteroatoms. The SMILES string of the molecule is CCOC(=O)CNC(=O)NCc1cccc2c1OCCO2. The molecule has 0 aromatic heterocycles. The fraction of sp³-hybridized carbons (Fsp3) is 0.429. The van der Waals surface area contributed by atoms with Crippen LogP contribution in [0.3, 0.4) is 0 Å². The minimum absolute atomic E-state index is 0.161. The second-order valence-corrected chi connectivity index (χ2v) is 4.28.